The van der Waals surface area contributed by atoms with Crippen molar-refractivity contribution in [1.82, 2.24) is 14.5 Å². The highest BCUT2D eigenvalue weighted by Gasteiger charge is 2.31. The number of hydrogen-bond acceptors (Lipinski definition) is 6. The molecule has 7 rings (SSSR count). The van der Waals surface area contributed by atoms with Crippen LogP contribution in [0.2, 0.25) is 5.02 Å². The Morgan fingerprint density at radius 2 is 1.90 bits per heavy atom. The van der Waals surface area contributed by atoms with E-state index in [1.165, 1.54) is 6.07 Å². The van der Waals surface area contributed by atoms with Crippen LogP contribution in [0.4, 0.5) is 4.39 Å². The molecule has 0 unspecified atom stereocenters. The molecule has 4 aromatic rings. The van der Waals surface area contributed by atoms with E-state index < -0.39 is 11.9 Å². The van der Waals surface area contributed by atoms with Crippen LogP contribution in [0.25, 0.3) is 16.8 Å². The van der Waals surface area contributed by atoms with E-state index in [1.54, 1.807) is 12.1 Å². The summed E-state index contributed by atoms with van der Waals surface area (Å²) >= 11 is 5.97. The maximum absolute atomic E-state index is 14.7. The Balaban J connectivity index is 1.07. The molecular weight excluding hydrogens is 557 g/mol. The molecule has 1 N–H and O–H groups in total. The SMILES string of the molecule is C=C(O)c1ccc2nc(CN3CCC(c4cccc5c4O[C@H](c4ccc(Cl)cc4F)CO5)CC3)n(C[C@@H]3CCO3)c2c1. The molecule has 0 amide bonds. The van der Waals surface area contributed by atoms with Gasteiger partial charge in [0.15, 0.2) is 17.6 Å². The highest BCUT2D eigenvalue weighted by molar-refractivity contribution is 6.30. The molecule has 0 aliphatic carbocycles. The predicted molar refractivity (Wildman–Crippen MR) is 160 cm³/mol. The number of piperidine rings is 1. The molecule has 0 radical (unpaired) electrons. The Hall–Kier alpha value is -3.59. The van der Waals surface area contributed by atoms with Gasteiger partial charge in [0.2, 0.25) is 0 Å². The van der Waals surface area contributed by atoms with Gasteiger partial charge in [-0.1, -0.05) is 36.4 Å². The largest absolute Gasteiger partial charge is 0.508 e. The summed E-state index contributed by atoms with van der Waals surface area (Å²) in [7, 11) is 0. The molecule has 1 aromatic heterocycles. The number of halogens is 2. The highest BCUT2D eigenvalue weighted by atomic mass is 35.5. The minimum absolute atomic E-state index is 0.0512. The van der Waals surface area contributed by atoms with Crippen molar-refractivity contribution in [3.8, 4) is 11.5 Å². The molecule has 2 fully saturated rings. The normalized spacial score (nSPS) is 20.9. The molecule has 3 aliphatic rings. The lowest BCUT2D eigenvalue weighted by Gasteiger charge is -2.35. The Labute approximate surface area is 249 Å². The molecule has 0 saturated carbocycles. The first kappa shape index (κ1) is 27.3. The third kappa shape index (κ3) is 5.23. The fourth-order valence-electron chi connectivity index (χ4n) is 6.26. The van der Waals surface area contributed by atoms with Gasteiger partial charge in [0.05, 0.1) is 30.2 Å². The van der Waals surface area contributed by atoms with Crippen molar-refractivity contribution < 1.29 is 23.7 Å². The maximum Gasteiger partial charge on any atom is 0.165 e. The molecule has 0 spiro atoms. The summed E-state index contributed by atoms with van der Waals surface area (Å²) in [4.78, 5) is 7.43. The first-order valence-corrected chi connectivity index (χ1v) is 14.9. The van der Waals surface area contributed by atoms with Crippen LogP contribution in [0.5, 0.6) is 11.5 Å². The second-order valence-electron chi connectivity index (χ2n) is 11.4. The number of imidazole rings is 1. The van der Waals surface area contributed by atoms with Crippen molar-refractivity contribution in [3.63, 3.8) is 0 Å². The third-order valence-corrected chi connectivity index (χ3v) is 8.94. The number of nitrogens with zero attached hydrogens (tertiary/aromatic N) is 3. The Morgan fingerprint density at radius 1 is 1.07 bits per heavy atom. The zero-order valence-electron chi connectivity index (χ0n) is 23.3. The molecule has 3 aromatic carbocycles. The summed E-state index contributed by atoms with van der Waals surface area (Å²) in [6.07, 6.45) is 2.60. The zero-order valence-corrected chi connectivity index (χ0v) is 24.0. The van der Waals surface area contributed by atoms with Crippen molar-refractivity contribution in [3.05, 3.63) is 94.5 Å². The highest BCUT2D eigenvalue weighted by Crippen LogP contribution is 2.45. The molecule has 0 bridgehead atoms. The number of benzene rings is 3. The topological polar surface area (TPSA) is 69.0 Å². The van der Waals surface area contributed by atoms with E-state index in [4.69, 9.17) is 30.8 Å². The second kappa shape index (κ2) is 11.2. The average molecular weight is 590 g/mol. The molecule has 4 heterocycles. The van der Waals surface area contributed by atoms with E-state index in [9.17, 15) is 9.50 Å². The van der Waals surface area contributed by atoms with Crippen LogP contribution in [-0.2, 0) is 17.8 Å². The molecule has 3 aliphatic heterocycles. The van der Waals surface area contributed by atoms with Crippen LogP contribution < -0.4 is 9.47 Å². The van der Waals surface area contributed by atoms with E-state index in [0.717, 1.165) is 74.5 Å². The smallest absolute Gasteiger partial charge is 0.165 e. The van der Waals surface area contributed by atoms with Gasteiger partial charge in [-0.15, -0.1) is 0 Å². The zero-order chi connectivity index (χ0) is 28.8. The number of aliphatic hydroxyl groups is 1. The number of fused-ring (bicyclic) bond motifs is 2. The Morgan fingerprint density at radius 3 is 2.64 bits per heavy atom. The summed E-state index contributed by atoms with van der Waals surface area (Å²) in [6, 6.07) is 16.5. The first-order chi connectivity index (χ1) is 20.4. The number of hydrogen-bond donors (Lipinski definition) is 1. The number of ether oxygens (including phenoxy) is 3. The van der Waals surface area contributed by atoms with E-state index in [2.05, 4.69) is 22.1 Å². The lowest BCUT2D eigenvalue weighted by atomic mass is 9.88. The molecule has 2 atom stereocenters. The van der Waals surface area contributed by atoms with Gasteiger partial charge in [-0.05, 0) is 74.7 Å². The van der Waals surface area contributed by atoms with Crippen LogP contribution in [-0.4, -0.2) is 52.0 Å². The number of para-hydroxylation sites is 1. The van der Waals surface area contributed by atoms with Gasteiger partial charge in [0.1, 0.15) is 24.0 Å². The summed E-state index contributed by atoms with van der Waals surface area (Å²) in [6.45, 7) is 8.02. The molecular formula is C33H33ClFN3O4. The van der Waals surface area contributed by atoms with Crippen LogP contribution in [0.1, 0.15) is 53.8 Å². The average Bonchev–Trinajstić information content (AvgIpc) is 3.30. The van der Waals surface area contributed by atoms with E-state index >= 15 is 0 Å². The number of aliphatic hydroxyl groups excluding tert-OH is 1. The van der Waals surface area contributed by atoms with Crippen LogP contribution in [0, 0.1) is 5.82 Å². The number of likely N-dealkylation sites (tertiary alicyclic amines) is 1. The van der Waals surface area contributed by atoms with E-state index in [1.807, 2.05) is 30.3 Å². The van der Waals surface area contributed by atoms with Gasteiger partial charge in [0.25, 0.3) is 0 Å². The first-order valence-electron chi connectivity index (χ1n) is 14.5. The molecule has 42 heavy (non-hydrogen) atoms. The minimum Gasteiger partial charge on any atom is -0.508 e. The van der Waals surface area contributed by atoms with Gasteiger partial charge in [-0.3, -0.25) is 4.90 Å². The third-order valence-electron chi connectivity index (χ3n) is 8.70. The molecule has 218 valence electrons. The Kier molecular flexibility index (Phi) is 7.30. The predicted octanol–water partition coefficient (Wildman–Crippen LogP) is 7.04. The standard InChI is InChI=1S/C33H33ClFN3O4/c1-20(39)22-5-8-28-29(15-22)38(17-24-11-14-40-24)32(36-28)18-37-12-9-21(10-13-37)25-3-2-4-30-33(25)42-31(19-41-30)26-7-6-23(34)16-27(26)35/h2-8,15-16,21,24,31,39H,1,9-14,17-19H2/t24-,31-/m0/s1. The summed E-state index contributed by atoms with van der Waals surface area (Å²) in [5.74, 6) is 2.38. The van der Waals surface area contributed by atoms with Crippen LogP contribution in [0.3, 0.4) is 0 Å². The number of rotatable bonds is 7. The van der Waals surface area contributed by atoms with Crippen molar-refractivity contribution in [2.45, 2.75) is 50.5 Å². The van der Waals surface area contributed by atoms with Crippen molar-refractivity contribution in [1.29, 1.82) is 0 Å². The van der Waals surface area contributed by atoms with E-state index in [-0.39, 0.29) is 18.5 Å². The van der Waals surface area contributed by atoms with Crippen LogP contribution in [0.15, 0.2) is 61.2 Å². The maximum atomic E-state index is 14.7. The molecule has 7 nitrogen and oxygen atoms in total. The van der Waals surface area contributed by atoms with Gasteiger partial charge in [0, 0.05) is 28.3 Å². The summed E-state index contributed by atoms with van der Waals surface area (Å²) in [5, 5.41) is 10.3. The lowest BCUT2D eigenvalue weighted by Crippen LogP contribution is -2.35. The van der Waals surface area contributed by atoms with Gasteiger partial charge in [-0.2, -0.15) is 0 Å². The summed E-state index contributed by atoms with van der Waals surface area (Å²) in [5.41, 5.74) is 4.15. The van der Waals surface area contributed by atoms with Gasteiger partial charge >= 0.3 is 0 Å². The lowest BCUT2D eigenvalue weighted by molar-refractivity contribution is -0.0592. The number of aromatic nitrogens is 2. The fraction of sp³-hybridized carbons (Fsp3) is 0.364. The minimum atomic E-state index is -0.535. The fourth-order valence-corrected chi connectivity index (χ4v) is 6.42. The molecule has 2 saturated heterocycles. The summed E-state index contributed by atoms with van der Waals surface area (Å²) < 4.78 is 35.1. The van der Waals surface area contributed by atoms with Crippen molar-refractivity contribution in [2.75, 3.05) is 26.3 Å². The second-order valence-corrected chi connectivity index (χ2v) is 11.8. The Bertz CT molecular complexity index is 1640. The van der Waals surface area contributed by atoms with Crippen molar-refractivity contribution >= 4 is 28.4 Å². The van der Waals surface area contributed by atoms with E-state index in [0.29, 0.717) is 33.6 Å². The van der Waals surface area contributed by atoms with Gasteiger partial charge in [-0.25, -0.2) is 9.37 Å². The van der Waals surface area contributed by atoms with Crippen molar-refractivity contribution in [2.24, 2.45) is 0 Å². The van der Waals surface area contributed by atoms with Crippen LogP contribution >= 0.6 is 11.6 Å². The van der Waals surface area contributed by atoms with Gasteiger partial charge < -0.3 is 23.9 Å². The molecule has 9 heteroatoms. The monoisotopic (exact) mass is 589 g/mol. The quantitative estimate of drug-likeness (QED) is 0.233.